The van der Waals surface area contributed by atoms with Crippen molar-refractivity contribution in [3.63, 3.8) is 0 Å². The molecular weight excluding hydrogens is 394 g/mol. The Morgan fingerprint density at radius 3 is 2.28 bits per heavy atom. The van der Waals surface area contributed by atoms with Crippen LogP contribution in [0.15, 0.2) is 59.5 Å². The van der Waals surface area contributed by atoms with Gasteiger partial charge in [-0.05, 0) is 30.8 Å². The zero-order chi connectivity index (χ0) is 20.7. The van der Waals surface area contributed by atoms with E-state index in [1.165, 1.54) is 18.2 Å². The van der Waals surface area contributed by atoms with Crippen molar-refractivity contribution < 1.29 is 13.0 Å². The van der Waals surface area contributed by atoms with Gasteiger partial charge in [-0.1, -0.05) is 36.4 Å². The van der Waals surface area contributed by atoms with E-state index in [-0.39, 0.29) is 10.8 Å². The van der Waals surface area contributed by atoms with E-state index in [4.69, 9.17) is 0 Å². The predicted molar refractivity (Wildman–Crippen MR) is 111 cm³/mol. The maximum atomic E-state index is 11.3. The highest BCUT2D eigenvalue weighted by Gasteiger charge is 2.11. The Morgan fingerprint density at radius 2 is 1.59 bits per heavy atom. The highest BCUT2D eigenvalue weighted by atomic mass is 32.2. The van der Waals surface area contributed by atoms with Gasteiger partial charge in [-0.25, -0.2) is 0 Å². The lowest BCUT2D eigenvalue weighted by atomic mass is 10.2. The minimum Gasteiger partial charge on any atom is -0.350 e. The molecule has 0 spiro atoms. The second-order valence-electron chi connectivity index (χ2n) is 5.98. The second-order valence-corrected chi connectivity index (χ2v) is 7.40. The summed E-state index contributed by atoms with van der Waals surface area (Å²) >= 11 is 0. The molecule has 0 aliphatic carbocycles. The molecule has 3 rings (SSSR count). The van der Waals surface area contributed by atoms with Gasteiger partial charge < -0.3 is 21.3 Å². The lowest BCUT2D eigenvalue weighted by Gasteiger charge is -2.11. The molecule has 0 amide bonds. The summed E-state index contributed by atoms with van der Waals surface area (Å²) in [5.74, 6) is 0.885. The van der Waals surface area contributed by atoms with Gasteiger partial charge in [0.2, 0.25) is 17.8 Å². The lowest BCUT2D eigenvalue weighted by Crippen LogP contribution is -2.19. The van der Waals surface area contributed by atoms with Crippen LogP contribution in [0.3, 0.4) is 0 Å². The first-order valence-corrected chi connectivity index (χ1v) is 10.1. The SMILES string of the molecule is CNCNc1nc(NCc2ccccc2)nc(Nc2cccc(S(=O)(=O)O)c2)n1. The molecule has 0 atom stereocenters. The van der Waals surface area contributed by atoms with Gasteiger partial charge in [0, 0.05) is 12.2 Å². The van der Waals surface area contributed by atoms with Gasteiger partial charge in [-0.15, -0.1) is 0 Å². The molecule has 1 aromatic heterocycles. The molecule has 1 heterocycles. The first-order chi connectivity index (χ1) is 13.9. The minimum atomic E-state index is -4.31. The lowest BCUT2D eigenvalue weighted by molar-refractivity contribution is 0.483. The minimum absolute atomic E-state index is 0.210. The summed E-state index contributed by atoms with van der Waals surface area (Å²) in [7, 11) is -2.53. The van der Waals surface area contributed by atoms with Crippen molar-refractivity contribution >= 4 is 33.7 Å². The van der Waals surface area contributed by atoms with Gasteiger partial charge in [0.1, 0.15) is 0 Å². The number of rotatable bonds is 9. The maximum Gasteiger partial charge on any atom is 0.294 e. The van der Waals surface area contributed by atoms with Crippen LogP contribution < -0.4 is 21.3 Å². The fourth-order valence-corrected chi connectivity index (χ4v) is 2.92. The first kappa shape index (κ1) is 20.5. The molecule has 10 nitrogen and oxygen atoms in total. The highest BCUT2D eigenvalue weighted by Crippen LogP contribution is 2.19. The zero-order valence-corrected chi connectivity index (χ0v) is 16.4. The van der Waals surface area contributed by atoms with Crippen molar-refractivity contribution in [2.24, 2.45) is 0 Å². The average molecular weight is 415 g/mol. The van der Waals surface area contributed by atoms with E-state index in [0.717, 1.165) is 5.56 Å². The number of hydrogen-bond donors (Lipinski definition) is 5. The molecule has 3 aromatic rings. The van der Waals surface area contributed by atoms with Crippen molar-refractivity contribution in [1.29, 1.82) is 0 Å². The van der Waals surface area contributed by atoms with Crippen molar-refractivity contribution in [3.8, 4) is 0 Å². The first-order valence-electron chi connectivity index (χ1n) is 8.71. The summed E-state index contributed by atoms with van der Waals surface area (Å²) in [5, 5.41) is 12.0. The van der Waals surface area contributed by atoms with Crippen LogP contribution in [0.5, 0.6) is 0 Å². The molecule has 0 bridgehead atoms. The van der Waals surface area contributed by atoms with E-state index in [9.17, 15) is 13.0 Å². The molecule has 11 heteroatoms. The molecule has 29 heavy (non-hydrogen) atoms. The van der Waals surface area contributed by atoms with Gasteiger partial charge in [0.15, 0.2) is 0 Å². The van der Waals surface area contributed by atoms with Crippen molar-refractivity contribution in [3.05, 3.63) is 60.2 Å². The quantitative estimate of drug-likeness (QED) is 0.260. The summed E-state index contributed by atoms with van der Waals surface area (Å²) in [4.78, 5) is 12.7. The Hall–Kier alpha value is -3.28. The largest absolute Gasteiger partial charge is 0.350 e. The number of benzene rings is 2. The molecule has 0 radical (unpaired) electrons. The van der Waals surface area contributed by atoms with Crippen LogP contribution in [0.4, 0.5) is 23.5 Å². The third-order valence-electron chi connectivity index (χ3n) is 3.74. The summed E-state index contributed by atoms with van der Waals surface area (Å²) in [6, 6.07) is 15.5. The standard InChI is InChI=1S/C18H21N7O3S/c1-19-12-21-17-23-16(20-11-13-6-3-2-4-7-13)24-18(25-17)22-14-8-5-9-15(10-14)29(26,27)28/h2-10,19H,11-12H2,1H3,(H,26,27,28)(H3,20,21,22,23,24,25). The van der Waals surface area contributed by atoms with Gasteiger partial charge in [-0.2, -0.15) is 23.4 Å². The Balaban J connectivity index is 1.83. The summed E-state index contributed by atoms with van der Waals surface area (Å²) < 4.78 is 31.9. The predicted octanol–water partition coefficient (Wildman–Crippen LogP) is 2.06. The third kappa shape index (κ3) is 6.10. The number of nitrogens with zero attached hydrogens (tertiary/aromatic N) is 3. The Kier molecular flexibility index (Phi) is 6.54. The zero-order valence-electron chi connectivity index (χ0n) is 15.6. The third-order valence-corrected chi connectivity index (χ3v) is 4.59. The van der Waals surface area contributed by atoms with E-state index >= 15 is 0 Å². The van der Waals surface area contributed by atoms with Crippen LogP contribution in [0.25, 0.3) is 0 Å². The summed E-state index contributed by atoms with van der Waals surface area (Å²) in [6.07, 6.45) is 0. The van der Waals surface area contributed by atoms with Gasteiger partial charge >= 0.3 is 0 Å². The van der Waals surface area contributed by atoms with Crippen molar-refractivity contribution in [1.82, 2.24) is 20.3 Å². The number of nitrogens with one attached hydrogen (secondary N) is 4. The molecular formula is C18H21N7O3S. The van der Waals surface area contributed by atoms with Gasteiger partial charge in [-0.3, -0.25) is 4.55 Å². The van der Waals surface area contributed by atoms with Crippen molar-refractivity contribution in [2.45, 2.75) is 11.4 Å². The average Bonchev–Trinajstić information content (AvgIpc) is 2.71. The maximum absolute atomic E-state index is 11.3. The molecule has 0 unspecified atom stereocenters. The monoisotopic (exact) mass is 415 g/mol. The molecule has 5 N–H and O–H groups in total. The van der Waals surface area contributed by atoms with Crippen LogP contribution in [0.2, 0.25) is 0 Å². The second kappa shape index (κ2) is 9.28. The van der Waals surface area contributed by atoms with E-state index in [1.54, 1.807) is 13.1 Å². The molecule has 152 valence electrons. The molecule has 0 aliphatic rings. The van der Waals surface area contributed by atoms with E-state index in [1.807, 2.05) is 30.3 Å². The Bertz CT molecular complexity index is 1060. The number of hydrogen-bond acceptors (Lipinski definition) is 9. The van der Waals surface area contributed by atoms with Crippen LogP contribution in [-0.2, 0) is 16.7 Å². The molecule has 0 fully saturated rings. The van der Waals surface area contributed by atoms with E-state index in [2.05, 4.69) is 36.2 Å². The molecule has 2 aromatic carbocycles. The summed E-state index contributed by atoms with van der Waals surface area (Å²) in [5.41, 5.74) is 1.47. The fourth-order valence-electron chi connectivity index (χ4n) is 2.40. The van der Waals surface area contributed by atoms with Crippen molar-refractivity contribution in [2.75, 3.05) is 29.7 Å². The topological polar surface area (TPSA) is 141 Å². The Morgan fingerprint density at radius 1 is 0.897 bits per heavy atom. The normalized spacial score (nSPS) is 11.1. The van der Waals surface area contributed by atoms with E-state index in [0.29, 0.717) is 30.8 Å². The summed E-state index contributed by atoms with van der Waals surface area (Å²) in [6.45, 7) is 0.966. The van der Waals surface area contributed by atoms with Crippen LogP contribution in [-0.4, -0.2) is 41.6 Å². The van der Waals surface area contributed by atoms with E-state index < -0.39 is 10.1 Å². The van der Waals surface area contributed by atoms with Crippen LogP contribution in [0, 0.1) is 0 Å². The highest BCUT2D eigenvalue weighted by molar-refractivity contribution is 7.85. The van der Waals surface area contributed by atoms with Gasteiger partial charge in [0.05, 0.1) is 11.6 Å². The fraction of sp³-hybridized carbons (Fsp3) is 0.167. The molecule has 0 saturated heterocycles. The smallest absolute Gasteiger partial charge is 0.294 e. The van der Waals surface area contributed by atoms with Crippen LogP contribution >= 0.6 is 0 Å². The molecule has 0 saturated carbocycles. The number of anilines is 4. The number of aromatic nitrogens is 3. The van der Waals surface area contributed by atoms with Crippen LogP contribution in [0.1, 0.15) is 5.56 Å². The Labute approximate surface area is 168 Å². The molecule has 0 aliphatic heterocycles. The van der Waals surface area contributed by atoms with Gasteiger partial charge in [0.25, 0.3) is 10.1 Å².